The number of carbonyl (C=O) groups is 2. The first-order valence-electron chi connectivity index (χ1n) is 10.0. The first-order chi connectivity index (χ1) is 14.0. The average Bonchev–Trinajstić information content (AvgIpc) is 2.70. The van der Waals surface area contributed by atoms with Crippen LogP contribution < -0.4 is 0 Å². The van der Waals surface area contributed by atoms with E-state index in [9.17, 15) is 14.7 Å². The number of rotatable bonds is 5. The predicted octanol–water partition coefficient (Wildman–Crippen LogP) is 6.01. The predicted molar refractivity (Wildman–Crippen MR) is 120 cm³/mol. The molecular formula is C26H28O4. The normalized spacial score (nSPS) is 12.0. The van der Waals surface area contributed by atoms with Gasteiger partial charge in [0.2, 0.25) is 0 Å². The number of ketones is 1. The van der Waals surface area contributed by atoms with Crippen LogP contribution in [0.15, 0.2) is 60.7 Å². The van der Waals surface area contributed by atoms with Gasteiger partial charge >= 0.3 is 5.97 Å². The molecule has 0 aliphatic carbocycles. The Kier molecular flexibility index (Phi) is 5.71. The summed E-state index contributed by atoms with van der Waals surface area (Å²) in [5, 5.41) is 12.3. The third kappa shape index (κ3) is 4.54. The van der Waals surface area contributed by atoms with Gasteiger partial charge in [-0.15, -0.1) is 0 Å². The zero-order chi connectivity index (χ0) is 22.1. The number of hydrogen-bond donors (Lipinski definition) is 1. The molecule has 0 aromatic heterocycles. The number of phenolic OH excluding ortho intramolecular Hbond substituents is 1. The molecule has 3 aromatic carbocycles. The van der Waals surface area contributed by atoms with E-state index in [2.05, 4.69) is 0 Å². The van der Waals surface area contributed by atoms with Gasteiger partial charge in [0.05, 0.1) is 11.0 Å². The number of esters is 1. The molecule has 0 atom stereocenters. The van der Waals surface area contributed by atoms with Gasteiger partial charge in [0.1, 0.15) is 18.1 Å². The number of aromatic hydroxyl groups is 1. The van der Waals surface area contributed by atoms with Crippen LogP contribution in [0.3, 0.4) is 0 Å². The lowest BCUT2D eigenvalue weighted by Gasteiger charge is -2.30. The van der Waals surface area contributed by atoms with Crippen LogP contribution in [0.5, 0.6) is 5.75 Å². The van der Waals surface area contributed by atoms with Crippen molar-refractivity contribution in [1.29, 1.82) is 0 Å². The molecule has 156 valence electrons. The molecule has 0 bridgehead atoms. The number of carbonyl (C=O) groups excluding carboxylic acids is 2. The summed E-state index contributed by atoms with van der Waals surface area (Å²) < 4.78 is 5.47. The fraction of sp³-hybridized carbons (Fsp3) is 0.308. The van der Waals surface area contributed by atoms with Crippen molar-refractivity contribution >= 4 is 22.5 Å². The Morgan fingerprint density at radius 3 is 2.27 bits per heavy atom. The number of phenols is 1. The van der Waals surface area contributed by atoms with E-state index in [1.807, 2.05) is 63.2 Å². The van der Waals surface area contributed by atoms with Gasteiger partial charge in [0, 0.05) is 5.41 Å². The Morgan fingerprint density at radius 1 is 0.900 bits per heavy atom. The molecule has 0 saturated carbocycles. The number of Topliss-reactive ketones (excluding diaryl/α,β-unsaturated/α-hetero) is 1. The first-order valence-corrected chi connectivity index (χ1v) is 10.0. The minimum atomic E-state index is -0.802. The Morgan fingerprint density at radius 2 is 1.57 bits per heavy atom. The largest absolute Gasteiger partial charge is 0.508 e. The molecule has 0 aliphatic heterocycles. The van der Waals surface area contributed by atoms with Crippen molar-refractivity contribution in [1.82, 2.24) is 0 Å². The zero-order valence-electron chi connectivity index (χ0n) is 18.2. The van der Waals surface area contributed by atoms with E-state index in [-0.39, 0.29) is 23.7 Å². The maximum atomic E-state index is 12.7. The van der Waals surface area contributed by atoms with Gasteiger partial charge in [0.15, 0.2) is 0 Å². The highest BCUT2D eigenvalue weighted by Gasteiger charge is 2.37. The fourth-order valence-electron chi connectivity index (χ4n) is 3.77. The van der Waals surface area contributed by atoms with Crippen molar-refractivity contribution in [2.45, 2.75) is 34.6 Å². The molecule has 0 unspecified atom stereocenters. The first kappa shape index (κ1) is 21.6. The van der Waals surface area contributed by atoms with Crippen LogP contribution in [0.2, 0.25) is 0 Å². The Hall–Kier alpha value is -3.14. The van der Waals surface area contributed by atoms with Crippen LogP contribution in [0.4, 0.5) is 0 Å². The van der Waals surface area contributed by atoms with Crippen molar-refractivity contribution in [2.24, 2.45) is 10.8 Å². The molecular weight excluding hydrogens is 376 g/mol. The molecule has 30 heavy (non-hydrogen) atoms. The van der Waals surface area contributed by atoms with Crippen molar-refractivity contribution in [3.8, 4) is 16.9 Å². The molecule has 1 N–H and O–H groups in total. The number of fused-ring (bicyclic) bond motifs is 1. The summed E-state index contributed by atoms with van der Waals surface area (Å²) in [6.07, 6.45) is 0. The molecule has 3 aromatic rings. The maximum Gasteiger partial charge on any atom is 0.338 e. The molecule has 0 aliphatic rings. The van der Waals surface area contributed by atoms with E-state index < -0.39 is 16.8 Å². The topological polar surface area (TPSA) is 63.6 Å². The molecule has 0 radical (unpaired) electrons. The molecule has 0 heterocycles. The summed E-state index contributed by atoms with van der Waals surface area (Å²) in [6, 6.07) is 18.6. The summed E-state index contributed by atoms with van der Waals surface area (Å²) in [5.41, 5.74) is 0.563. The molecule has 0 fully saturated rings. The van der Waals surface area contributed by atoms with Gasteiger partial charge in [-0.25, -0.2) is 4.79 Å². The minimum absolute atomic E-state index is 0.0163. The second-order valence-electron chi connectivity index (χ2n) is 9.33. The lowest BCUT2D eigenvalue weighted by Crippen LogP contribution is -2.38. The summed E-state index contributed by atoms with van der Waals surface area (Å²) in [5.74, 6) is -0.560. The highest BCUT2D eigenvalue weighted by molar-refractivity contribution is 5.99. The maximum absolute atomic E-state index is 12.7. The van der Waals surface area contributed by atoms with Crippen molar-refractivity contribution in [3.63, 3.8) is 0 Å². The third-order valence-electron chi connectivity index (χ3n) is 5.11. The van der Waals surface area contributed by atoms with E-state index in [0.29, 0.717) is 0 Å². The van der Waals surface area contributed by atoms with Crippen LogP contribution in [-0.4, -0.2) is 23.5 Å². The van der Waals surface area contributed by atoms with Crippen LogP contribution >= 0.6 is 0 Å². The van der Waals surface area contributed by atoms with E-state index in [1.54, 1.807) is 26.0 Å². The highest BCUT2D eigenvalue weighted by atomic mass is 16.5. The standard InChI is InChI=1S/C26H28O4/c1-25(2,3)24(29)26(4,5)16-30-23(28)19-13-18(14-20(27)15-19)22-12-8-10-17-9-6-7-11-21(17)22/h6-15,27H,16H2,1-5H3. The second-order valence-corrected chi connectivity index (χ2v) is 9.33. The van der Waals surface area contributed by atoms with E-state index in [4.69, 9.17) is 4.74 Å². The van der Waals surface area contributed by atoms with E-state index in [1.165, 1.54) is 6.07 Å². The van der Waals surface area contributed by atoms with Gasteiger partial charge < -0.3 is 9.84 Å². The molecule has 4 heteroatoms. The van der Waals surface area contributed by atoms with Crippen molar-refractivity contribution in [3.05, 3.63) is 66.2 Å². The molecule has 0 amide bonds. The summed E-state index contributed by atoms with van der Waals surface area (Å²) in [7, 11) is 0. The SMILES string of the molecule is CC(C)(C)C(=O)C(C)(C)COC(=O)c1cc(O)cc(-c2cccc3ccccc23)c1. The van der Waals surface area contributed by atoms with Crippen molar-refractivity contribution in [2.75, 3.05) is 6.61 Å². The van der Waals surface area contributed by atoms with Gasteiger partial charge in [0.25, 0.3) is 0 Å². The molecule has 3 rings (SSSR count). The average molecular weight is 405 g/mol. The lowest BCUT2D eigenvalue weighted by atomic mass is 9.75. The second kappa shape index (κ2) is 7.94. The number of benzene rings is 3. The Balaban J connectivity index is 1.88. The van der Waals surface area contributed by atoms with E-state index >= 15 is 0 Å². The summed E-state index contributed by atoms with van der Waals surface area (Å²) >= 11 is 0. The van der Waals surface area contributed by atoms with Crippen LogP contribution in [0, 0.1) is 10.8 Å². The van der Waals surface area contributed by atoms with Crippen molar-refractivity contribution < 1.29 is 19.4 Å². The van der Waals surface area contributed by atoms with Gasteiger partial charge in [-0.05, 0) is 53.9 Å². The quantitative estimate of drug-likeness (QED) is 0.529. The Bertz CT molecular complexity index is 1100. The third-order valence-corrected chi connectivity index (χ3v) is 5.11. The van der Waals surface area contributed by atoms with Crippen LogP contribution in [0.25, 0.3) is 21.9 Å². The Labute approximate surface area is 177 Å². The monoisotopic (exact) mass is 404 g/mol. The van der Waals surface area contributed by atoms with E-state index in [0.717, 1.165) is 21.9 Å². The minimum Gasteiger partial charge on any atom is -0.508 e. The van der Waals surface area contributed by atoms with Crippen LogP contribution in [0.1, 0.15) is 45.0 Å². The van der Waals surface area contributed by atoms with Gasteiger partial charge in [-0.1, -0.05) is 63.2 Å². The fourth-order valence-corrected chi connectivity index (χ4v) is 3.77. The smallest absolute Gasteiger partial charge is 0.338 e. The highest BCUT2D eigenvalue weighted by Crippen LogP contribution is 2.33. The zero-order valence-corrected chi connectivity index (χ0v) is 18.2. The van der Waals surface area contributed by atoms with Gasteiger partial charge in [-0.2, -0.15) is 0 Å². The number of ether oxygens (including phenoxy) is 1. The number of hydrogen-bond acceptors (Lipinski definition) is 4. The summed E-state index contributed by atoms with van der Waals surface area (Å²) in [4.78, 5) is 25.3. The molecule has 4 nitrogen and oxygen atoms in total. The van der Waals surface area contributed by atoms with Gasteiger partial charge in [-0.3, -0.25) is 4.79 Å². The molecule has 0 saturated heterocycles. The lowest BCUT2D eigenvalue weighted by molar-refractivity contribution is -0.137. The van der Waals surface area contributed by atoms with Crippen LogP contribution in [-0.2, 0) is 9.53 Å². The summed E-state index contributed by atoms with van der Waals surface area (Å²) in [6.45, 7) is 9.08. The molecule has 0 spiro atoms.